The molecule has 0 heterocycles. The molecule has 3 saturated carbocycles. The van der Waals surface area contributed by atoms with Crippen molar-refractivity contribution in [3.63, 3.8) is 0 Å². The van der Waals surface area contributed by atoms with Crippen LogP contribution in [0.15, 0.2) is 11.6 Å². The Balaban J connectivity index is 1.72. The molecule has 0 aromatic rings. The van der Waals surface area contributed by atoms with E-state index in [2.05, 4.69) is 0 Å². The fraction of sp³-hybridized carbons (Fsp3) is 0.760. The fourth-order valence-electron chi connectivity index (χ4n) is 7.78. The molecule has 0 radical (unpaired) electrons. The largest absolute Gasteiger partial charge is 0.458 e. The van der Waals surface area contributed by atoms with Crippen LogP contribution in [-0.2, 0) is 28.7 Å². The van der Waals surface area contributed by atoms with Gasteiger partial charge in [-0.3, -0.25) is 19.2 Å². The molecule has 0 aromatic carbocycles. The Hall–Kier alpha value is -2.06. The van der Waals surface area contributed by atoms with Gasteiger partial charge in [-0.25, -0.2) is 0 Å². The first-order chi connectivity index (χ1) is 15.3. The van der Waals surface area contributed by atoms with Gasteiger partial charge in [0.05, 0.1) is 6.10 Å². The topological polar surface area (TPSA) is 127 Å². The Bertz CT molecular complexity index is 923. The number of hydrogen-bond donors (Lipinski definition) is 2. The van der Waals surface area contributed by atoms with Crippen LogP contribution in [0.1, 0.15) is 66.2 Å². The molecule has 0 spiro atoms. The molecule has 8 heteroatoms. The van der Waals surface area contributed by atoms with Gasteiger partial charge in [0.1, 0.15) is 11.7 Å². The minimum absolute atomic E-state index is 0.000441. The van der Waals surface area contributed by atoms with Crippen LogP contribution in [0, 0.1) is 28.6 Å². The quantitative estimate of drug-likeness (QED) is 0.607. The Morgan fingerprint density at radius 1 is 1.15 bits per heavy atom. The van der Waals surface area contributed by atoms with Gasteiger partial charge in [0.25, 0.3) is 0 Å². The van der Waals surface area contributed by atoms with Crippen molar-refractivity contribution in [1.82, 2.24) is 0 Å². The van der Waals surface area contributed by atoms with E-state index in [0.29, 0.717) is 25.7 Å². The number of fused-ring (bicyclic) bond motifs is 5. The Morgan fingerprint density at radius 3 is 2.48 bits per heavy atom. The van der Waals surface area contributed by atoms with E-state index in [0.717, 1.165) is 5.57 Å². The molecule has 0 unspecified atom stereocenters. The maximum Gasteiger partial charge on any atom is 0.303 e. The molecule has 3 fully saturated rings. The van der Waals surface area contributed by atoms with E-state index in [9.17, 15) is 29.4 Å². The van der Waals surface area contributed by atoms with Crippen molar-refractivity contribution in [2.45, 2.75) is 84.0 Å². The summed E-state index contributed by atoms with van der Waals surface area (Å²) < 4.78 is 10.6. The molecule has 0 aliphatic heterocycles. The second-order valence-electron chi connectivity index (χ2n) is 10.9. The first-order valence-electron chi connectivity index (χ1n) is 11.8. The first kappa shape index (κ1) is 24.1. The Labute approximate surface area is 193 Å². The second kappa shape index (κ2) is 8.01. The lowest BCUT2D eigenvalue weighted by atomic mass is 9.45. The summed E-state index contributed by atoms with van der Waals surface area (Å²) >= 11 is 0. The van der Waals surface area contributed by atoms with E-state index >= 15 is 0 Å². The van der Waals surface area contributed by atoms with Gasteiger partial charge in [-0.05, 0) is 66.9 Å². The van der Waals surface area contributed by atoms with E-state index in [-0.39, 0.29) is 36.4 Å². The van der Waals surface area contributed by atoms with Crippen LogP contribution in [0.4, 0.5) is 0 Å². The van der Waals surface area contributed by atoms with Gasteiger partial charge in [0.15, 0.2) is 12.4 Å². The van der Waals surface area contributed by atoms with Crippen LogP contribution in [0.2, 0.25) is 0 Å². The smallest absolute Gasteiger partial charge is 0.303 e. The number of aliphatic hydroxyl groups excluding tert-OH is 1. The molecule has 0 saturated heterocycles. The SMILES string of the molecule is CC(=O)OCC(=O)[C@@]1(O)CC[C@@H]2[C@H]3C[C@@H](OC(C)=O)C4=CC(=O)CC[C@]4(C)[C@H]3[C@@H](O)C[C@@]21C. The zero-order valence-electron chi connectivity index (χ0n) is 19.8. The minimum Gasteiger partial charge on any atom is -0.458 e. The number of carbonyl (C=O) groups excluding carboxylic acids is 4. The standard InChI is InChI=1S/C25H34O8/c1-13(26)32-12-21(30)25(31)8-6-17-16-10-20(33-14(2)27)18-9-15(28)5-7-23(18,3)22(16)19(29)11-24(17,25)4/h9,16-17,19-20,22,29,31H,5-8,10-12H2,1-4H3/t16-,17-,19+,20-,22-,23+,24+,25+/m1/s1. The number of hydrogen-bond acceptors (Lipinski definition) is 8. The van der Waals surface area contributed by atoms with Gasteiger partial charge < -0.3 is 19.7 Å². The van der Waals surface area contributed by atoms with E-state index in [4.69, 9.17) is 9.47 Å². The lowest BCUT2D eigenvalue weighted by Gasteiger charge is -2.61. The average Bonchev–Trinajstić information content (AvgIpc) is 2.98. The van der Waals surface area contributed by atoms with Gasteiger partial charge in [0, 0.05) is 25.7 Å². The summed E-state index contributed by atoms with van der Waals surface area (Å²) in [7, 11) is 0. The number of Topliss-reactive ketones (excluding diaryl/α,β-unsaturated/α-hetero) is 1. The highest BCUT2D eigenvalue weighted by molar-refractivity contribution is 5.92. The maximum atomic E-state index is 13.0. The first-order valence-corrected chi connectivity index (χ1v) is 11.8. The zero-order valence-corrected chi connectivity index (χ0v) is 19.8. The van der Waals surface area contributed by atoms with Crippen LogP contribution in [-0.4, -0.2) is 58.1 Å². The number of esters is 2. The molecular formula is C25H34O8. The summed E-state index contributed by atoms with van der Waals surface area (Å²) in [5.74, 6) is -1.94. The van der Waals surface area contributed by atoms with Gasteiger partial charge >= 0.3 is 11.9 Å². The normalized spacial score (nSPS) is 44.1. The summed E-state index contributed by atoms with van der Waals surface area (Å²) in [6.07, 6.45) is 2.62. The molecule has 4 aliphatic rings. The minimum atomic E-state index is -1.71. The summed E-state index contributed by atoms with van der Waals surface area (Å²) in [6, 6.07) is 0. The molecule has 8 atom stereocenters. The van der Waals surface area contributed by atoms with Gasteiger partial charge in [-0.1, -0.05) is 13.8 Å². The molecule has 4 rings (SSSR count). The van der Waals surface area contributed by atoms with Crippen LogP contribution < -0.4 is 0 Å². The van der Waals surface area contributed by atoms with Crippen molar-refractivity contribution in [2.75, 3.05) is 6.61 Å². The molecule has 8 nitrogen and oxygen atoms in total. The molecule has 33 heavy (non-hydrogen) atoms. The third-order valence-corrected chi connectivity index (χ3v) is 9.22. The average molecular weight is 463 g/mol. The van der Waals surface area contributed by atoms with Crippen molar-refractivity contribution < 1.29 is 38.9 Å². The van der Waals surface area contributed by atoms with E-state index in [1.807, 2.05) is 13.8 Å². The summed E-state index contributed by atoms with van der Waals surface area (Å²) in [4.78, 5) is 48.4. The van der Waals surface area contributed by atoms with E-state index < -0.39 is 53.0 Å². The van der Waals surface area contributed by atoms with Crippen molar-refractivity contribution in [1.29, 1.82) is 0 Å². The second-order valence-corrected chi connectivity index (χ2v) is 10.9. The Kier molecular flexibility index (Phi) is 5.85. The highest BCUT2D eigenvalue weighted by Crippen LogP contribution is 2.67. The third-order valence-electron chi connectivity index (χ3n) is 9.22. The zero-order chi connectivity index (χ0) is 24.3. The van der Waals surface area contributed by atoms with Gasteiger partial charge in [-0.15, -0.1) is 0 Å². The van der Waals surface area contributed by atoms with Crippen LogP contribution in [0.3, 0.4) is 0 Å². The highest BCUT2D eigenvalue weighted by Gasteiger charge is 2.69. The molecule has 0 aromatic heterocycles. The molecule has 182 valence electrons. The number of rotatable bonds is 4. The number of ketones is 2. The van der Waals surface area contributed by atoms with Crippen LogP contribution >= 0.6 is 0 Å². The van der Waals surface area contributed by atoms with E-state index in [1.54, 1.807) is 6.08 Å². The highest BCUT2D eigenvalue weighted by atomic mass is 16.5. The Morgan fingerprint density at radius 2 is 1.85 bits per heavy atom. The lowest BCUT2D eigenvalue weighted by molar-refractivity contribution is -0.191. The molecule has 0 bridgehead atoms. The van der Waals surface area contributed by atoms with E-state index in [1.165, 1.54) is 13.8 Å². The summed E-state index contributed by atoms with van der Waals surface area (Å²) in [6.45, 7) is 5.94. The van der Waals surface area contributed by atoms with Gasteiger partial charge in [0.2, 0.25) is 5.78 Å². The summed E-state index contributed by atoms with van der Waals surface area (Å²) in [5, 5.41) is 23.0. The lowest BCUT2D eigenvalue weighted by Crippen LogP contribution is -2.63. The molecular weight excluding hydrogens is 428 g/mol. The molecule has 4 aliphatic carbocycles. The molecule has 0 amide bonds. The van der Waals surface area contributed by atoms with Crippen molar-refractivity contribution in [3.05, 3.63) is 11.6 Å². The van der Waals surface area contributed by atoms with Crippen molar-refractivity contribution in [2.24, 2.45) is 28.6 Å². The predicted molar refractivity (Wildman–Crippen MR) is 116 cm³/mol. The number of aliphatic hydroxyl groups is 2. The van der Waals surface area contributed by atoms with Crippen molar-refractivity contribution in [3.8, 4) is 0 Å². The van der Waals surface area contributed by atoms with Crippen LogP contribution in [0.5, 0.6) is 0 Å². The third kappa shape index (κ3) is 3.57. The monoisotopic (exact) mass is 462 g/mol. The molecule has 2 N–H and O–H groups in total. The number of ether oxygens (including phenoxy) is 2. The maximum absolute atomic E-state index is 13.0. The van der Waals surface area contributed by atoms with Crippen molar-refractivity contribution >= 4 is 23.5 Å². The predicted octanol–water partition coefficient (Wildman–Crippen LogP) is 1.89. The van der Waals surface area contributed by atoms with Gasteiger partial charge in [-0.2, -0.15) is 0 Å². The summed E-state index contributed by atoms with van der Waals surface area (Å²) in [5.41, 5.74) is -2.36. The number of carbonyl (C=O) groups is 4. The van der Waals surface area contributed by atoms with Crippen LogP contribution in [0.25, 0.3) is 0 Å². The fourth-order valence-corrected chi connectivity index (χ4v) is 7.78.